The van der Waals surface area contributed by atoms with Crippen LogP contribution in [0.25, 0.3) is 10.8 Å². The molecule has 69 valence electrons. The van der Waals surface area contributed by atoms with Crippen molar-refractivity contribution in [3.63, 3.8) is 0 Å². The molecular formula is C13H11O. The lowest BCUT2D eigenvalue weighted by atomic mass is 9.99. The summed E-state index contributed by atoms with van der Waals surface area (Å²) >= 11 is 0. The van der Waals surface area contributed by atoms with Gasteiger partial charge < -0.3 is 0 Å². The molecular weight excluding hydrogens is 172 g/mol. The summed E-state index contributed by atoms with van der Waals surface area (Å²) in [5.74, 6) is 0. The molecule has 0 heterocycles. The smallest absolute Gasteiger partial charge is 0.234 e. The molecule has 2 aromatic rings. The summed E-state index contributed by atoms with van der Waals surface area (Å²) in [7, 11) is 0. The van der Waals surface area contributed by atoms with Crippen LogP contribution in [-0.4, -0.2) is 6.29 Å². The van der Waals surface area contributed by atoms with Gasteiger partial charge in [-0.1, -0.05) is 43.3 Å². The zero-order chi connectivity index (χ0) is 9.97. The van der Waals surface area contributed by atoms with E-state index >= 15 is 0 Å². The number of aryl methyl sites for hydroxylation is 1. The fraction of sp³-hybridized carbons (Fsp3) is 0.154. The van der Waals surface area contributed by atoms with Crippen LogP contribution in [0.4, 0.5) is 0 Å². The first kappa shape index (κ1) is 8.95. The van der Waals surface area contributed by atoms with E-state index in [1.165, 1.54) is 5.56 Å². The standard InChI is InChI=1S/C13H11O/c1-2-10-5-3-8-13-11(9-14)6-4-7-12(10)13/h3-8H,2H2,1H3. The highest BCUT2D eigenvalue weighted by Crippen LogP contribution is 2.21. The summed E-state index contributed by atoms with van der Waals surface area (Å²) in [5.41, 5.74) is 1.93. The van der Waals surface area contributed by atoms with Gasteiger partial charge in [0.1, 0.15) is 0 Å². The fourth-order valence-corrected chi connectivity index (χ4v) is 1.77. The average Bonchev–Trinajstić information content (AvgIpc) is 2.27. The zero-order valence-corrected chi connectivity index (χ0v) is 8.08. The molecule has 0 unspecified atom stereocenters. The van der Waals surface area contributed by atoms with Gasteiger partial charge in [0.05, 0.1) is 0 Å². The topological polar surface area (TPSA) is 17.1 Å². The van der Waals surface area contributed by atoms with Gasteiger partial charge in [-0.25, -0.2) is 0 Å². The molecule has 1 nitrogen and oxygen atoms in total. The normalized spacial score (nSPS) is 10.4. The molecule has 0 saturated carbocycles. The molecule has 0 aliphatic heterocycles. The van der Waals surface area contributed by atoms with Gasteiger partial charge in [-0.2, -0.15) is 0 Å². The van der Waals surface area contributed by atoms with Gasteiger partial charge in [0.15, 0.2) is 0 Å². The molecule has 0 aliphatic rings. The first-order valence-electron chi connectivity index (χ1n) is 4.75. The third kappa shape index (κ3) is 1.31. The maximum Gasteiger partial charge on any atom is 0.234 e. The number of benzene rings is 2. The van der Waals surface area contributed by atoms with Crippen molar-refractivity contribution in [1.82, 2.24) is 0 Å². The molecule has 0 atom stereocenters. The number of hydrogen-bond donors (Lipinski definition) is 0. The Kier molecular flexibility index (Phi) is 2.32. The number of hydrogen-bond acceptors (Lipinski definition) is 1. The van der Waals surface area contributed by atoms with Gasteiger partial charge in [0.2, 0.25) is 6.29 Å². The molecule has 1 heteroatoms. The van der Waals surface area contributed by atoms with Gasteiger partial charge in [-0.05, 0) is 22.8 Å². The molecule has 0 aromatic heterocycles. The summed E-state index contributed by atoms with van der Waals surface area (Å²) in [4.78, 5) is 10.7. The molecule has 0 aliphatic carbocycles. The second-order valence-electron chi connectivity index (χ2n) is 3.27. The molecule has 14 heavy (non-hydrogen) atoms. The predicted octanol–water partition coefficient (Wildman–Crippen LogP) is 2.86. The van der Waals surface area contributed by atoms with E-state index in [0.29, 0.717) is 5.56 Å². The molecule has 2 rings (SSSR count). The summed E-state index contributed by atoms with van der Waals surface area (Å²) in [6.07, 6.45) is 2.96. The predicted molar refractivity (Wildman–Crippen MR) is 58.1 cm³/mol. The summed E-state index contributed by atoms with van der Waals surface area (Å²) < 4.78 is 0. The van der Waals surface area contributed by atoms with Crippen molar-refractivity contribution < 1.29 is 4.79 Å². The minimum Gasteiger partial charge on any atom is -0.285 e. The van der Waals surface area contributed by atoms with Crippen molar-refractivity contribution in [2.24, 2.45) is 0 Å². The van der Waals surface area contributed by atoms with E-state index in [9.17, 15) is 4.79 Å². The first-order valence-corrected chi connectivity index (χ1v) is 4.75. The van der Waals surface area contributed by atoms with Crippen molar-refractivity contribution in [2.45, 2.75) is 13.3 Å². The van der Waals surface area contributed by atoms with Crippen LogP contribution in [0, 0.1) is 0 Å². The molecule has 0 amide bonds. The van der Waals surface area contributed by atoms with Gasteiger partial charge in [-0.3, -0.25) is 4.79 Å². The van der Waals surface area contributed by atoms with Crippen LogP contribution in [0.5, 0.6) is 0 Å². The Morgan fingerprint density at radius 3 is 2.50 bits per heavy atom. The highest BCUT2D eigenvalue weighted by atomic mass is 16.1. The second-order valence-corrected chi connectivity index (χ2v) is 3.27. The first-order chi connectivity index (χ1) is 6.86. The summed E-state index contributed by atoms with van der Waals surface area (Å²) in [6.45, 7) is 2.12. The SMILES string of the molecule is CCc1cccc2c([C]=O)cccc12. The maximum atomic E-state index is 10.7. The Morgan fingerprint density at radius 1 is 1.07 bits per heavy atom. The third-order valence-corrected chi connectivity index (χ3v) is 2.50. The lowest BCUT2D eigenvalue weighted by Gasteiger charge is -2.04. The van der Waals surface area contributed by atoms with Crippen LogP contribution < -0.4 is 0 Å². The quantitative estimate of drug-likeness (QED) is 0.699. The fourth-order valence-electron chi connectivity index (χ4n) is 1.77. The van der Waals surface area contributed by atoms with Gasteiger partial charge >= 0.3 is 0 Å². The third-order valence-electron chi connectivity index (χ3n) is 2.50. The monoisotopic (exact) mass is 183 g/mol. The Hall–Kier alpha value is -1.63. The average molecular weight is 183 g/mol. The van der Waals surface area contributed by atoms with Crippen molar-refractivity contribution in [3.05, 3.63) is 47.5 Å². The number of carbonyl (C=O) groups excluding carboxylic acids is 1. The Labute approximate surface area is 83.4 Å². The van der Waals surface area contributed by atoms with E-state index in [-0.39, 0.29) is 0 Å². The Morgan fingerprint density at radius 2 is 1.79 bits per heavy atom. The number of fused-ring (bicyclic) bond motifs is 1. The van der Waals surface area contributed by atoms with Crippen molar-refractivity contribution in [2.75, 3.05) is 0 Å². The Balaban J connectivity index is 2.84. The molecule has 2 aromatic carbocycles. The van der Waals surface area contributed by atoms with Crippen LogP contribution in [0.15, 0.2) is 36.4 Å². The van der Waals surface area contributed by atoms with Crippen molar-refractivity contribution in [1.29, 1.82) is 0 Å². The minimum atomic E-state index is 0.651. The van der Waals surface area contributed by atoms with Crippen LogP contribution in [0.2, 0.25) is 0 Å². The molecule has 0 fully saturated rings. The van der Waals surface area contributed by atoms with Gasteiger partial charge in [0, 0.05) is 5.56 Å². The molecule has 1 radical (unpaired) electrons. The number of rotatable bonds is 2. The van der Waals surface area contributed by atoms with Gasteiger partial charge in [0.25, 0.3) is 0 Å². The molecule has 0 saturated heterocycles. The summed E-state index contributed by atoms with van der Waals surface area (Å²) in [6, 6.07) is 11.8. The lowest BCUT2D eigenvalue weighted by molar-refractivity contribution is 0.563. The van der Waals surface area contributed by atoms with E-state index in [1.54, 1.807) is 6.07 Å². The van der Waals surface area contributed by atoms with E-state index < -0.39 is 0 Å². The van der Waals surface area contributed by atoms with E-state index in [1.807, 2.05) is 24.5 Å². The summed E-state index contributed by atoms with van der Waals surface area (Å²) in [5, 5.41) is 2.16. The molecule has 0 bridgehead atoms. The molecule has 0 spiro atoms. The van der Waals surface area contributed by atoms with E-state index in [4.69, 9.17) is 0 Å². The minimum absolute atomic E-state index is 0.651. The van der Waals surface area contributed by atoms with E-state index in [0.717, 1.165) is 17.2 Å². The highest BCUT2D eigenvalue weighted by Gasteiger charge is 2.02. The largest absolute Gasteiger partial charge is 0.285 e. The molecule has 0 N–H and O–H groups in total. The van der Waals surface area contributed by atoms with Crippen LogP contribution in [0.1, 0.15) is 18.1 Å². The zero-order valence-electron chi connectivity index (χ0n) is 8.08. The van der Waals surface area contributed by atoms with Gasteiger partial charge in [-0.15, -0.1) is 0 Å². The highest BCUT2D eigenvalue weighted by molar-refractivity contribution is 5.99. The van der Waals surface area contributed by atoms with Crippen LogP contribution >= 0.6 is 0 Å². The second kappa shape index (κ2) is 3.62. The van der Waals surface area contributed by atoms with Crippen LogP contribution in [0.3, 0.4) is 0 Å². The van der Waals surface area contributed by atoms with Crippen molar-refractivity contribution >= 4 is 17.1 Å². The van der Waals surface area contributed by atoms with Crippen LogP contribution in [-0.2, 0) is 11.2 Å². The maximum absolute atomic E-state index is 10.7. The Bertz CT molecular complexity index is 472. The lowest BCUT2D eigenvalue weighted by Crippen LogP contribution is -1.87. The van der Waals surface area contributed by atoms with Crippen molar-refractivity contribution in [3.8, 4) is 0 Å². The van der Waals surface area contributed by atoms with E-state index in [2.05, 4.69) is 19.1 Å².